The molecule has 1 atom stereocenters. The van der Waals surface area contributed by atoms with Crippen LogP contribution in [0, 0.1) is 21.7 Å². The smallest absolute Gasteiger partial charge is 0.0249 e. The van der Waals surface area contributed by atoms with E-state index in [1.54, 1.807) is 6.21 Å². The second kappa shape index (κ2) is 5.24. The van der Waals surface area contributed by atoms with Crippen LogP contribution in [0.3, 0.4) is 0 Å². The van der Waals surface area contributed by atoms with E-state index in [0.29, 0.717) is 0 Å². The highest BCUT2D eigenvalue weighted by Crippen LogP contribution is 2.36. The molecule has 1 unspecified atom stereocenters. The molecule has 0 aromatic carbocycles. The van der Waals surface area contributed by atoms with Gasteiger partial charge in [-0.1, -0.05) is 54.0 Å². The molecule has 0 aromatic rings. The molecule has 0 heterocycles. The van der Waals surface area contributed by atoms with E-state index in [0.717, 1.165) is 6.54 Å². The summed E-state index contributed by atoms with van der Waals surface area (Å²) in [6.07, 6.45) is 3.66. The number of rotatable bonds is 4. The Kier molecular flexibility index (Phi) is 5.00. The van der Waals surface area contributed by atoms with Crippen molar-refractivity contribution in [3.05, 3.63) is 11.8 Å². The fraction of sp³-hybridized carbons (Fsp3) is 0.800. The molecule has 0 aliphatic rings. The standard InChI is InChI=1S/C15H30N2/c1-12(13(2,3)4)9-17-11-15(8,10-16)14(5,6)7/h9-10,16-17H,11H2,1-8H3. The minimum atomic E-state index is -0.123. The summed E-state index contributed by atoms with van der Waals surface area (Å²) in [4.78, 5) is 0. The number of allylic oxidation sites excluding steroid dienone is 1. The highest BCUT2D eigenvalue weighted by molar-refractivity contribution is 5.63. The predicted octanol–water partition coefficient (Wildman–Crippen LogP) is 4.23. The highest BCUT2D eigenvalue weighted by atomic mass is 14.9. The van der Waals surface area contributed by atoms with Gasteiger partial charge in [0.05, 0.1) is 0 Å². The van der Waals surface area contributed by atoms with Crippen LogP contribution < -0.4 is 5.32 Å². The van der Waals surface area contributed by atoms with E-state index in [-0.39, 0.29) is 16.2 Å². The molecule has 0 aliphatic heterocycles. The lowest BCUT2D eigenvalue weighted by molar-refractivity contribution is 0.198. The molecule has 0 aliphatic carbocycles. The van der Waals surface area contributed by atoms with Crippen LogP contribution >= 0.6 is 0 Å². The molecule has 2 N–H and O–H groups in total. The lowest BCUT2D eigenvalue weighted by Crippen LogP contribution is -2.42. The Labute approximate surface area is 107 Å². The van der Waals surface area contributed by atoms with Crippen LogP contribution in [0.5, 0.6) is 0 Å². The van der Waals surface area contributed by atoms with Gasteiger partial charge >= 0.3 is 0 Å². The molecule has 100 valence electrons. The summed E-state index contributed by atoms with van der Waals surface area (Å²) in [5, 5.41) is 11.0. The fourth-order valence-electron chi connectivity index (χ4n) is 1.17. The molecule has 0 fully saturated rings. The normalized spacial score (nSPS) is 17.5. The van der Waals surface area contributed by atoms with Crippen LogP contribution in [0.2, 0.25) is 0 Å². The first kappa shape index (κ1) is 16.2. The first-order valence-electron chi connectivity index (χ1n) is 6.36. The van der Waals surface area contributed by atoms with E-state index >= 15 is 0 Å². The molecule has 0 aromatic heterocycles. The minimum Gasteiger partial charge on any atom is -0.390 e. The van der Waals surface area contributed by atoms with Crippen molar-refractivity contribution in [1.29, 1.82) is 5.41 Å². The Bertz CT molecular complexity index is 289. The van der Waals surface area contributed by atoms with Crippen molar-refractivity contribution < 1.29 is 0 Å². The van der Waals surface area contributed by atoms with Crippen LogP contribution in [0.25, 0.3) is 0 Å². The van der Waals surface area contributed by atoms with Crippen LogP contribution in [0.1, 0.15) is 55.4 Å². The van der Waals surface area contributed by atoms with E-state index in [1.807, 2.05) is 0 Å². The molecule has 0 rings (SSSR count). The van der Waals surface area contributed by atoms with Gasteiger partial charge in [0, 0.05) is 18.2 Å². The first-order valence-corrected chi connectivity index (χ1v) is 6.36. The van der Waals surface area contributed by atoms with Crippen LogP contribution in [0.15, 0.2) is 11.8 Å². The average molecular weight is 238 g/mol. The molecule has 0 radical (unpaired) electrons. The SMILES string of the molecule is CC(=CNCC(C)(C=N)C(C)(C)C)C(C)(C)C. The van der Waals surface area contributed by atoms with Crippen molar-refractivity contribution in [2.24, 2.45) is 16.2 Å². The predicted molar refractivity (Wildman–Crippen MR) is 77.6 cm³/mol. The summed E-state index contributed by atoms with van der Waals surface area (Å²) in [5.74, 6) is 0. The molecule has 0 saturated heterocycles. The van der Waals surface area contributed by atoms with Crippen LogP contribution in [-0.2, 0) is 0 Å². The summed E-state index contributed by atoms with van der Waals surface area (Å²) < 4.78 is 0. The van der Waals surface area contributed by atoms with Crippen LogP contribution in [-0.4, -0.2) is 12.8 Å². The second-order valence-corrected chi connectivity index (χ2v) is 7.27. The topological polar surface area (TPSA) is 35.9 Å². The lowest BCUT2D eigenvalue weighted by Gasteiger charge is -2.38. The van der Waals surface area contributed by atoms with Crippen molar-refractivity contribution in [2.75, 3.05) is 6.54 Å². The Hall–Kier alpha value is -0.790. The molecule has 0 bridgehead atoms. The molecule has 0 spiro atoms. The third-order valence-corrected chi connectivity index (χ3v) is 4.00. The summed E-state index contributed by atoms with van der Waals surface area (Å²) in [6, 6.07) is 0. The maximum atomic E-state index is 7.64. The van der Waals surface area contributed by atoms with Crippen LogP contribution in [0.4, 0.5) is 0 Å². The molecule has 0 saturated carbocycles. The summed E-state index contributed by atoms with van der Waals surface area (Å²) in [5.41, 5.74) is 1.50. The van der Waals surface area contributed by atoms with Gasteiger partial charge in [0.1, 0.15) is 0 Å². The van der Waals surface area contributed by atoms with Gasteiger partial charge in [-0.3, -0.25) is 0 Å². The molecule has 2 nitrogen and oxygen atoms in total. The van der Waals surface area contributed by atoms with Gasteiger partial charge in [-0.25, -0.2) is 0 Å². The number of hydrogen-bond acceptors (Lipinski definition) is 2. The number of hydrogen-bond donors (Lipinski definition) is 2. The largest absolute Gasteiger partial charge is 0.390 e. The zero-order chi connectivity index (χ0) is 13.9. The fourth-order valence-corrected chi connectivity index (χ4v) is 1.17. The Morgan fingerprint density at radius 2 is 1.53 bits per heavy atom. The Morgan fingerprint density at radius 3 is 1.82 bits per heavy atom. The van der Waals surface area contributed by atoms with Crippen molar-refractivity contribution in [3.8, 4) is 0 Å². The van der Waals surface area contributed by atoms with Gasteiger partial charge < -0.3 is 10.7 Å². The van der Waals surface area contributed by atoms with Gasteiger partial charge in [-0.05, 0) is 24.0 Å². The van der Waals surface area contributed by atoms with E-state index < -0.39 is 0 Å². The molecular formula is C15H30N2. The van der Waals surface area contributed by atoms with Gasteiger partial charge in [0.15, 0.2) is 0 Å². The Morgan fingerprint density at radius 1 is 1.06 bits per heavy atom. The van der Waals surface area contributed by atoms with Crippen molar-refractivity contribution in [3.63, 3.8) is 0 Å². The maximum Gasteiger partial charge on any atom is 0.0249 e. The highest BCUT2D eigenvalue weighted by Gasteiger charge is 2.35. The van der Waals surface area contributed by atoms with Crippen molar-refractivity contribution >= 4 is 6.21 Å². The van der Waals surface area contributed by atoms with Gasteiger partial charge in [-0.2, -0.15) is 0 Å². The first-order chi connectivity index (χ1) is 7.44. The lowest BCUT2D eigenvalue weighted by atomic mass is 9.68. The summed E-state index contributed by atoms with van der Waals surface area (Å²) in [6.45, 7) is 18.2. The summed E-state index contributed by atoms with van der Waals surface area (Å²) in [7, 11) is 0. The molecule has 0 amide bonds. The van der Waals surface area contributed by atoms with Gasteiger partial charge in [0.25, 0.3) is 0 Å². The quantitative estimate of drug-likeness (QED) is 0.706. The maximum absolute atomic E-state index is 7.64. The van der Waals surface area contributed by atoms with Crippen molar-refractivity contribution in [1.82, 2.24) is 5.32 Å². The monoisotopic (exact) mass is 238 g/mol. The van der Waals surface area contributed by atoms with E-state index in [2.05, 4.69) is 66.9 Å². The van der Waals surface area contributed by atoms with Gasteiger partial charge in [0.2, 0.25) is 0 Å². The molecule has 2 heteroatoms. The molecule has 17 heavy (non-hydrogen) atoms. The molecular weight excluding hydrogens is 208 g/mol. The van der Waals surface area contributed by atoms with E-state index in [4.69, 9.17) is 5.41 Å². The number of nitrogens with one attached hydrogen (secondary N) is 2. The third-order valence-electron chi connectivity index (χ3n) is 4.00. The average Bonchev–Trinajstić information content (AvgIpc) is 2.14. The zero-order valence-corrected chi connectivity index (χ0v) is 12.9. The third kappa shape index (κ3) is 4.53. The van der Waals surface area contributed by atoms with E-state index in [1.165, 1.54) is 5.57 Å². The van der Waals surface area contributed by atoms with E-state index in [9.17, 15) is 0 Å². The van der Waals surface area contributed by atoms with Crippen molar-refractivity contribution in [2.45, 2.75) is 55.4 Å². The second-order valence-electron chi connectivity index (χ2n) is 7.27. The Balaban J connectivity index is 4.63. The zero-order valence-electron chi connectivity index (χ0n) is 12.9. The summed E-state index contributed by atoms with van der Waals surface area (Å²) >= 11 is 0. The van der Waals surface area contributed by atoms with Gasteiger partial charge in [-0.15, -0.1) is 0 Å². The minimum absolute atomic E-state index is 0.0885.